The summed E-state index contributed by atoms with van der Waals surface area (Å²) in [6.07, 6.45) is 0. The van der Waals surface area contributed by atoms with Crippen LogP contribution in [0.15, 0.2) is 29.2 Å². The van der Waals surface area contributed by atoms with Crippen LogP contribution in [0.1, 0.15) is 13.8 Å². The fourth-order valence-corrected chi connectivity index (χ4v) is 3.98. The molecule has 1 heterocycles. The Morgan fingerprint density at radius 3 is 2.75 bits per heavy atom. The van der Waals surface area contributed by atoms with Crippen LogP contribution in [0.25, 0.3) is 0 Å². The molecular formula is C12H17N3O4S. The van der Waals surface area contributed by atoms with E-state index < -0.39 is 14.9 Å². The molecule has 1 aliphatic heterocycles. The van der Waals surface area contributed by atoms with E-state index in [2.05, 4.69) is 5.32 Å². The molecule has 0 radical (unpaired) electrons. The Morgan fingerprint density at radius 2 is 2.10 bits per heavy atom. The van der Waals surface area contributed by atoms with Gasteiger partial charge in [-0.15, -0.1) is 0 Å². The summed E-state index contributed by atoms with van der Waals surface area (Å²) in [5, 5.41) is 14.0. The molecule has 2 atom stereocenters. The molecule has 0 aromatic heterocycles. The number of benzene rings is 1. The maximum absolute atomic E-state index is 12.6. The molecule has 1 aliphatic rings. The van der Waals surface area contributed by atoms with Gasteiger partial charge < -0.3 is 5.32 Å². The maximum atomic E-state index is 12.6. The molecule has 2 rings (SSSR count). The third kappa shape index (κ3) is 2.82. The molecule has 0 amide bonds. The Balaban J connectivity index is 2.39. The molecule has 8 heteroatoms. The van der Waals surface area contributed by atoms with Crippen LogP contribution < -0.4 is 5.32 Å². The van der Waals surface area contributed by atoms with Crippen LogP contribution >= 0.6 is 0 Å². The van der Waals surface area contributed by atoms with E-state index in [4.69, 9.17) is 0 Å². The Kier molecular flexibility index (Phi) is 4.07. The number of hydrogen-bond donors (Lipinski definition) is 1. The Morgan fingerprint density at radius 1 is 1.40 bits per heavy atom. The number of rotatable bonds is 3. The summed E-state index contributed by atoms with van der Waals surface area (Å²) < 4.78 is 26.6. The van der Waals surface area contributed by atoms with E-state index in [1.165, 1.54) is 22.5 Å². The summed E-state index contributed by atoms with van der Waals surface area (Å²) in [6, 6.07) is 5.04. The zero-order valence-electron chi connectivity index (χ0n) is 11.3. The molecular weight excluding hydrogens is 282 g/mol. The molecule has 7 nitrogen and oxygen atoms in total. The van der Waals surface area contributed by atoms with Crippen LogP contribution in [-0.4, -0.2) is 42.8 Å². The fourth-order valence-electron chi connectivity index (χ4n) is 2.22. The maximum Gasteiger partial charge on any atom is 0.270 e. The van der Waals surface area contributed by atoms with Crippen LogP contribution in [0.5, 0.6) is 0 Å². The van der Waals surface area contributed by atoms with Crippen molar-refractivity contribution < 1.29 is 13.3 Å². The second-order valence-electron chi connectivity index (χ2n) is 4.99. The van der Waals surface area contributed by atoms with Crippen molar-refractivity contribution in [2.45, 2.75) is 30.8 Å². The number of nitrogens with one attached hydrogen (secondary N) is 1. The lowest BCUT2D eigenvalue weighted by atomic mass is 10.2. The number of nitrogens with zero attached hydrogens (tertiary/aromatic N) is 2. The third-order valence-electron chi connectivity index (χ3n) is 3.34. The third-order valence-corrected chi connectivity index (χ3v) is 5.32. The number of hydrogen-bond acceptors (Lipinski definition) is 5. The molecule has 2 unspecified atom stereocenters. The second kappa shape index (κ2) is 5.47. The standard InChI is InChI=1S/C12H17N3O4S/c1-9-8-14(10(2)7-13-9)20(18,19)12-5-3-4-11(6-12)15(16)17/h3-6,9-10,13H,7-8H2,1-2H3. The van der Waals surface area contributed by atoms with Crippen molar-refractivity contribution in [2.75, 3.05) is 13.1 Å². The molecule has 1 fully saturated rings. The molecule has 110 valence electrons. The van der Waals surface area contributed by atoms with Gasteiger partial charge in [-0.05, 0) is 19.9 Å². The number of sulfonamides is 1. The van der Waals surface area contributed by atoms with Gasteiger partial charge in [0.1, 0.15) is 0 Å². The van der Waals surface area contributed by atoms with E-state index in [-0.39, 0.29) is 22.7 Å². The van der Waals surface area contributed by atoms with E-state index >= 15 is 0 Å². The number of piperazine rings is 1. The van der Waals surface area contributed by atoms with Gasteiger partial charge in [0.2, 0.25) is 10.0 Å². The first-order chi connectivity index (χ1) is 9.32. The minimum absolute atomic E-state index is 0.0346. The van der Waals surface area contributed by atoms with Gasteiger partial charge in [-0.1, -0.05) is 6.07 Å². The molecule has 0 spiro atoms. The van der Waals surface area contributed by atoms with Crippen LogP contribution in [-0.2, 0) is 10.0 Å². The van der Waals surface area contributed by atoms with Crippen molar-refractivity contribution in [3.05, 3.63) is 34.4 Å². The summed E-state index contributed by atoms with van der Waals surface area (Å²) in [6.45, 7) is 4.64. The average molecular weight is 299 g/mol. The summed E-state index contributed by atoms with van der Waals surface area (Å²) in [7, 11) is -3.71. The van der Waals surface area contributed by atoms with Crippen LogP contribution in [0.4, 0.5) is 5.69 Å². The van der Waals surface area contributed by atoms with Gasteiger partial charge in [-0.25, -0.2) is 8.42 Å². The van der Waals surface area contributed by atoms with Gasteiger partial charge in [-0.3, -0.25) is 10.1 Å². The highest BCUT2D eigenvalue weighted by Gasteiger charge is 2.33. The lowest BCUT2D eigenvalue weighted by Gasteiger charge is -2.36. The summed E-state index contributed by atoms with van der Waals surface area (Å²) in [4.78, 5) is 10.1. The first-order valence-electron chi connectivity index (χ1n) is 6.32. The van der Waals surface area contributed by atoms with Crippen molar-refractivity contribution in [2.24, 2.45) is 0 Å². The average Bonchev–Trinajstić information content (AvgIpc) is 2.41. The molecule has 20 heavy (non-hydrogen) atoms. The second-order valence-corrected chi connectivity index (χ2v) is 6.88. The summed E-state index contributed by atoms with van der Waals surface area (Å²) in [5.41, 5.74) is -0.220. The number of non-ortho nitro benzene ring substituents is 1. The van der Waals surface area contributed by atoms with Gasteiger partial charge >= 0.3 is 0 Å². The smallest absolute Gasteiger partial charge is 0.270 e. The van der Waals surface area contributed by atoms with Crippen LogP contribution in [0.2, 0.25) is 0 Å². The first-order valence-corrected chi connectivity index (χ1v) is 7.76. The molecule has 1 aromatic carbocycles. The van der Waals surface area contributed by atoms with E-state index in [1.54, 1.807) is 0 Å². The van der Waals surface area contributed by atoms with Crippen molar-refractivity contribution in [3.63, 3.8) is 0 Å². The summed E-state index contributed by atoms with van der Waals surface area (Å²) in [5.74, 6) is 0. The monoisotopic (exact) mass is 299 g/mol. The SMILES string of the molecule is CC1CN(S(=O)(=O)c2cccc([N+](=O)[O-])c2)C(C)CN1. The predicted molar refractivity (Wildman–Crippen MR) is 73.9 cm³/mol. The fraction of sp³-hybridized carbons (Fsp3) is 0.500. The van der Waals surface area contributed by atoms with Crippen molar-refractivity contribution in [1.82, 2.24) is 9.62 Å². The largest absolute Gasteiger partial charge is 0.311 e. The van der Waals surface area contributed by atoms with Crippen molar-refractivity contribution in [3.8, 4) is 0 Å². The Labute approximate surface area is 117 Å². The predicted octanol–water partition coefficient (Wildman–Crippen LogP) is 0.966. The highest BCUT2D eigenvalue weighted by atomic mass is 32.2. The van der Waals surface area contributed by atoms with Crippen molar-refractivity contribution in [1.29, 1.82) is 0 Å². The zero-order chi connectivity index (χ0) is 14.9. The van der Waals surface area contributed by atoms with Gasteiger partial charge in [0.15, 0.2) is 0 Å². The minimum atomic E-state index is -3.71. The van der Waals surface area contributed by atoms with E-state index in [1.807, 2.05) is 13.8 Å². The zero-order valence-corrected chi connectivity index (χ0v) is 12.1. The first kappa shape index (κ1) is 14.9. The topological polar surface area (TPSA) is 92.5 Å². The normalized spacial score (nSPS) is 24.5. The van der Waals surface area contributed by atoms with Crippen LogP contribution in [0, 0.1) is 10.1 Å². The van der Waals surface area contributed by atoms with Crippen molar-refractivity contribution >= 4 is 15.7 Å². The quantitative estimate of drug-likeness (QED) is 0.663. The minimum Gasteiger partial charge on any atom is -0.311 e. The van der Waals surface area contributed by atoms with Crippen LogP contribution in [0.3, 0.4) is 0 Å². The molecule has 1 saturated heterocycles. The summed E-state index contributed by atoms with van der Waals surface area (Å²) >= 11 is 0. The number of nitro groups is 1. The molecule has 1 aromatic rings. The van der Waals surface area contributed by atoms with Gasteiger partial charge in [-0.2, -0.15) is 4.31 Å². The highest BCUT2D eigenvalue weighted by molar-refractivity contribution is 7.89. The molecule has 1 N–H and O–H groups in total. The Hall–Kier alpha value is -1.51. The van der Waals surface area contributed by atoms with Gasteiger partial charge in [0, 0.05) is 37.3 Å². The molecule has 0 aliphatic carbocycles. The highest BCUT2D eigenvalue weighted by Crippen LogP contribution is 2.23. The van der Waals surface area contributed by atoms with E-state index in [9.17, 15) is 18.5 Å². The van der Waals surface area contributed by atoms with Gasteiger partial charge in [0.25, 0.3) is 5.69 Å². The van der Waals surface area contributed by atoms with E-state index in [0.29, 0.717) is 13.1 Å². The van der Waals surface area contributed by atoms with Gasteiger partial charge in [0.05, 0.1) is 9.82 Å². The molecule has 0 bridgehead atoms. The lowest BCUT2D eigenvalue weighted by molar-refractivity contribution is -0.385. The van der Waals surface area contributed by atoms with E-state index in [0.717, 1.165) is 6.07 Å². The number of nitro benzene ring substituents is 1. The Bertz CT molecular complexity index is 617. The molecule has 0 saturated carbocycles. The lowest BCUT2D eigenvalue weighted by Crippen LogP contribution is -2.56.